The highest BCUT2D eigenvalue weighted by Crippen LogP contribution is 2.25. The summed E-state index contributed by atoms with van der Waals surface area (Å²) in [6, 6.07) is 26.5. The van der Waals surface area contributed by atoms with Crippen molar-refractivity contribution < 1.29 is 38.9 Å². The molecule has 220 valence electrons. The number of rotatable bonds is 15. The average Bonchev–Trinajstić information content (AvgIpc) is 2.91. The number of halogens is 1. The van der Waals surface area contributed by atoms with E-state index in [1.165, 1.54) is 81.9 Å². The summed E-state index contributed by atoms with van der Waals surface area (Å²) >= 11 is -0.107. The largest absolute Gasteiger partial charge is 0.744 e. The van der Waals surface area contributed by atoms with Crippen LogP contribution in [0.15, 0.2) is 77.7 Å². The van der Waals surface area contributed by atoms with E-state index >= 15 is 0 Å². The van der Waals surface area contributed by atoms with Crippen molar-refractivity contribution >= 4 is 18.2 Å². The summed E-state index contributed by atoms with van der Waals surface area (Å²) in [5.41, 5.74) is 2.34. The molecule has 0 N–H and O–H groups in total. The number of hydrogen-bond acceptors (Lipinski definition) is 4. The quantitative estimate of drug-likeness (QED) is 0.0884. The number of benzene rings is 3. The van der Waals surface area contributed by atoms with Crippen LogP contribution in [-0.4, -0.2) is 28.2 Å². The van der Waals surface area contributed by atoms with Crippen LogP contribution in [0, 0.1) is 14.1 Å². The zero-order chi connectivity index (χ0) is 29.4. The van der Waals surface area contributed by atoms with E-state index in [0.717, 1.165) is 17.7 Å². The van der Waals surface area contributed by atoms with Gasteiger partial charge in [-0.3, -0.25) is 0 Å². The summed E-state index contributed by atoms with van der Waals surface area (Å²) in [5.74, 6) is 1.07. The van der Waals surface area contributed by atoms with Crippen LogP contribution in [0.25, 0.3) is 0 Å². The Morgan fingerprint density at radius 1 is 0.800 bits per heavy atom. The Bertz CT molecular complexity index is 1230. The Kier molecular flexibility index (Phi) is 15.5. The second-order valence-corrected chi connectivity index (χ2v) is 20.9. The summed E-state index contributed by atoms with van der Waals surface area (Å²) in [7, 11) is -3.52. The minimum Gasteiger partial charge on any atom is -0.744 e. The normalized spacial score (nSPS) is 11.6. The lowest BCUT2D eigenvalue weighted by Crippen LogP contribution is -3.61. The fourth-order valence-electron chi connectivity index (χ4n) is 4.58. The van der Waals surface area contributed by atoms with Gasteiger partial charge >= 0.3 is 21.2 Å². The van der Waals surface area contributed by atoms with Crippen molar-refractivity contribution in [1.82, 2.24) is 0 Å². The summed E-state index contributed by atoms with van der Waals surface area (Å²) in [6.07, 6.45) is 11.0. The first-order chi connectivity index (χ1) is 19.0. The molecule has 0 amide bonds. The van der Waals surface area contributed by atoms with Gasteiger partial charge in [-0.15, -0.1) is 0 Å². The van der Waals surface area contributed by atoms with E-state index in [2.05, 4.69) is 68.5 Å². The number of unbranched alkanes of at least 4 members (excludes halogenated alkanes) is 5. The molecule has 0 aliphatic heterocycles. The predicted molar refractivity (Wildman–Crippen MR) is 165 cm³/mol. The van der Waals surface area contributed by atoms with Gasteiger partial charge in [0.15, 0.2) is 7.14 Å². The second kappa shape index (κ2) is 18.0. The van der Waals surface area contributed by atoms with Crippen molar-refractivity contribution in [3.63, 3.8) is 0 Å². The maximum Gasteiger partial charge on any atom is 0.357 e. The Labute approximate surface area is 255 Å². The fraction of sp³-hybridized carbons (Fsp3) is 0.455. The smallest absolute Gasteiger partial charge is 0.357 e. The van der Waals surface area contributed by atoms with Gasteiger partial charge in [-0.25, -0.2) is 8.42 Å². The topological polar surface area (TPSA) is 66.4 Å². The average molecular weight is 695 g/mol. The zero-order valence-electron chi connectivity index (χ0n) is 24.9. The predicted octanol–water partition coefficient (Wildman–Crippen LogP) is 5.72. The maximum atomic E-state index is 10.4. The van der Waals surface area contributed by atoms with Crippen LogP contribution in [-0.2, 0) is 16.5 Å². The van der Waals surface area contributed by atoms with Crippen LogP contribution in [0.1, 0.15) is 63.0 Å². The van der Waals surface area contributed by atoms with Gasteiger partial charge < -0.3 is 9.29 Å². The van der Waals surface area contributed by atoms with E-state index in [0.29, 0.717) is 0 Å². The van der Waals surface area contributed by atoms with Gasteiger partial charge in [0.2, 0.25) is 0 Å². The number of hydrogen-bond donors (Lipinski definition) is 0. The van der Waals surface area contributed by atoms with Crippen molar-refractivity contribution in [2.75, 3.05) is 7.11 Å². The number of ether oxygens (including phenoxy) is 1. The van der Waals surface area contributed by atoms with Crippen molar-refractivity contribution in [3.8, 4) is 5.75 Å². The molecule has 3 rings (SSSR count). The fourth-order valence-corrected chi connectivity index (χ4v) is 10.0. The molecular formula is C33H47IO4SSi. The first-order valence-electron chi connectivity index (χ1n) is 14.4. The van der Waals surface area contributed by atoms with E-state index in [1.54, 1.807) is 12.1 Å². The molecule has 0 unspecified atom stereocenters. The first kappa shape index (κ1) is 34.5. The first-order valence-corrected chi connectivity index (χ1v) is 21.4. The molecule has 0 atom stereocenters. The van der Waals surface area contributed by atoms with E-state index in [9.17, 15) is 13.0 Å². The van der Waals surface area contributed by atoms with Crippen molar-refractivity contribution in [3.05, 3.63) is 91.1 Å². The molecule has 3 aromatic carbocycles. The zero-order valence-corrected chi connectivity index (χ0v) is 28.9. The lowest BCUT2D eigenvalue weighted by atomic mass is 10.1. The standard InChI is InChI=1S/C26H40IOSi.C7H8O3S/c1-5-6-7-8-9-13-20-29(3,4)21-14-15-23-22-25(18-19-26(23)28-2)27-24-16-11-10-12-17-24;1-6-2-4-7(5-3-6)11(8,9)10/h10-12,16-19,22H,5-9,13-15,20-21H2,1-4H3;2-5H,1H3,(H,8,9,10)/q+1;/p-1. The summed E-state index contributed by atoms with van der Waals surface area (Å²) < 4.78 is 39.8. The Balaban J connectivity index is 0.000000425. The summed E-state index contributed by atoms with van der Waals surface area (Å²) in [6.45, 7) is 9.30. The minimum atomic E-state index is -4.27. The third-order valence-corrected chi connectivity index (χ3v) is 13.9. The highest BCUT2D eigenvalue weighted by Gasteiger charge is 2.21. The van der Waals surface area contributed by atoms with Crippen LogP contribution in [0.2, 0.25) is 25.2 Å². The Morgan fingerprint density at radius 2 is 1.43 bits per heavy atom. The van der Waals surface area contributed by atoms with E-state index < -0.39 is 18.2 Å². The lowest BCUT2D eigenvalue weighted by molar-refractivity contribution is -0.597. The van der Waals surface area contributed by atoms with Crippen LogP contribution in [0.3, 0.4) is 0 Å². The van der Waals surface area contributed by atoms with E-state index in [4.69, 9.17) is 4.74 Å². The van der Waals surface area contributed by atoms with Gasteiger partial charge in [0.1, 0.15) is 15.9 Å². The molecule has 0 aliphatic carbocycles. The van der Waals surface area contributed by atoms with Crippen molar-refractivity contribution in [2.45, 2.75) is 95.3 Å². The van der Waals surface area contributed by atoms with Gasteiger partial charge in [0.05, 0.1) is 12.0 Å². The molecule has 0 aromatic heterocycles. The third-order valence-electron chi connectivity index (χ3n) is 7.01. The van der Waals surface area contributed by atoms with Gasteiger partial charge in [0.25, 0.3) is 0 Å². The van der Waals surface area contributed by atoms with Gasteiger partial charge in [-0.2, -0.15) is 0 Å². The molecule has 0 heterocycles. The molecule has 0 radical (unpaired) electrons. The second-order valence-electron chi connectivity index (χ2n) is 11.1. The number of methoxy groups -OCH3 is 1. The highest BCUT2D eigenvalue weighted by atomic mass is 127. The summed E-state index contributed by atoms with van der Waals surface area (Å²) in [4.78, 5) is -0.178. The maximum absolute atomic E-state index is 10.4. The monoisotopic (exact) mass is 694 g/mol. The van der Waals surface area contributed by atoms with Crippen molar-refractivity contribution in [1.29, 1.82) is 0 Å². The van der Waals surface area contributed by atoms with E-state index in [1.807, 2.05) is 14.0 Å². The molecule has 7 heteroatoms. The molecular weight excluding hydrogens is 647 g/mol. The third kappa shape index (κ3) is 13.8. The van der Waals surface area contributed by atoms with Gasteiger partial charge in [-0.05, 0) is 61.4 Å². The molecule has 0 aliphatic rings. The SMILES string of the molecule is CCCCCCCC[Si](C)(C)CCCc1cc([I+]c2ccccc2)ccc1OC.Cc1ccc(S(=O)(=O)[O-])cc1. The molecule has 0 fully saturated rings. The number of aryl methyl sites for hydroxylation is 2. The molecule has 4 nitrogen and oxygen atoms in total. The highest BCUT2D eigenvalue weighted by molar-refractivity contribution is 7.85. The lowest BCUT2D eigenvalue weighted by Gasteiger charge is -2.22. The molecule has 0 saturated carbocycles. The van der Waals surface area contributed by atoms with Crippen LogP contribution >= 0.6 is 0 Å². The van der Waals surface area contributed by atoms with Gasteiger partial charge in [0, 0.05) is 8.07 Å². The van der Waals surface area contributed by atoms with Gasteiger partial charge in [-0.1, -0.05) is 113 Å². The molecule has 0 saturated heterocycles. The Morgan fingerprint density at radius 3 is 2.05 bits per heavy atom. The van der Waals surface area contributed by atoms with Crippen molar-refractivity contribution in [2.24, 2.45) is 0 Å². The summed E-state index contributed by atoms with van der Waals surface area (Å²) in [5, 5.41) is 0. The van der Waals surface area contributed by atoms with Crippen LogP contribution in [0.4, 0.5) is 0 Å². The van der Waals surface area contributed by atoms with Crippen LogP contribution in [0.5, 0.6) is 5.75 Å². The van der Waals surface area contributed by atoms with Crippen LogP contribution < -0.4 is 25.9 Å². The van der Waals surface area contributed by atoms with E-state index in [-0.39, 0.29) is 26.1 Å². The molecule has 3 aromatic rings. The molecule has 0 spiro atoms. The molecule has 40 heavy (non-hydrogen) atoms. The molecule has 0 bridgehead atoms. The Hall–Kier alpha value is -1.68. The minimum absolute atomic E-state index is 0.107.